The van der Waals surface area contributed by atoms with Crippen LogP contribution in [0.1, 0.15) is 36.9 Å². The largest absolute Gasteiger partial charge is 0.508 e. The van der Waals surface area contributed by atoms with Crippen LogP contribution in [-0.4, -0.2) is 90.6 Å². The first kappa shape index (κ1) is 29.1. The number of carboxylic acid groups (broad SMARTS) is 2. The summed E-state index contributed by atoms with van der Waals surface area (Å²) in [4.78, 5) is 70.1. The molecular weight excluding hydrogens is 512 g/mol. The van der Waals surface area contributed by atoms with Gasteiger partial charge < -0.3 is 41.6 Å². The number of aromatic nitrogens is 2. The number of hydrogen-bond acceptors (Lipinski definition) is 8. The second-order valence-electron chi connectivity index (χ2n) is 9.34. The van der Waals surface area contributed by atoms with Crippen LogP contribution in [0.4, 0.5) is 0 Å². The Morgan fingerprint density at radius 3 is 2.41 bits per heavy atom. The van der Waals surface area contributed by atoms with Crippen LogP contribution >= 0.6 is 0 Å². The maximum absolute atomic E-state index is 13.6. The van der Waals surface area contributed by atoms with Gasteiger partial charge in [0, 0.05) is 37.7 Å². The van der Waals surface area contributed by atoms with Crippen molar-refractivity contribution in [2.75, 3.05) is 6.54 Å². The number of carbonyl (C=O) groups excluding carboxylic acids is 3. The number of benzene rings is 1. The second-order valence-corrected chi connectivity index (χ2v) is 9.34. The molecule has 0 spiro atoms. The van der Waals surface area contributed by atoms with Gasteiger partial charge in [0.1, 0.15) is 23.9 Å². The third-order valence-corrected chi connectivity index (χ3v) is 6.43. The summed E-state index contributed by atoms with van der Waals surface area (Å²) in [5.41, 5.74) is 6.94. The fourth-order valence-corrected chi connectivity index (χ4v) is 4.34. The fraction of sp³-hybridized carbons (Fsp3) is 0.440. The molecule has 1 aromatic heterocycles. The number of nitrogens with zero attached hydrogens (tertiary/aromatic N) is 2. The molecule has 210 valence electrons. The van der Waals surface area contributed by atoms with E-state index in [4.69, 9.17) is 10.8 Å². The van der Waals surface area contributed by atoms with Gasteiger partial charge in [-0.25, -0.2) is 9.78 Å². The van der Waals surface area contributed by atoms with Gasteiger partial charge in [0.05, 0.1) is 12.4 Å². The zero-order valence-corrected chi connectivity index (χ0v) is 21.1. The molecule has 0 bridgehead atoms. The highest BCUT2D eigenvalue weighted by molar-refractivity contribution is 5.94. The first-order valence-corrected chi connectivity index (χ1v) is 12.4. The Balaban J connectivity index is 1.72. The van der Waals surface area contributed by atoms with E-state index in [2.05, 4.69) is 20.6 Å². The molecule has 3 amide bonds. The molecule has 8 N–H and O–H groups in total. The van der Waals surface area contributed by atoms with Gasteiger partial charge in [0.25, 0.3) is 0 Å². The Kier molecular flexibility index (Phi) is 9.98. The number of imidazole rings is 1. The average molecular weight is 545 g/mol. The molecule has 1 aromatic carbocycles. The average Bonchev–Trinajstić information content (AvgIpc) is 3.59. The number of rotatable bonds is 13. The summed E-state index contributed by atoms with van der Waals surface area (Å²) in [6.07, 6.45) is 3.20. The SMILES string of the molecule is NC(CCC(=O)O)C(=O)NC(Cc1cnc[nH]1)C(=O)N1CCCC1C(=O)NC(Cc1ccc(O)cc1)C(=O)O. The van der Waals surface area contributed by atoms with Crippen molar-refractivity contribution >= 4 is 29.7 Å². The van der Waals surface area contributed by atoms with E-state index in [0.29, 0.717) is 24.1 Å². The van der Waals surface area contributed by atoms with Gasteiger partial charge in [0.2, 0.25) is 17.7 Å². The molecule has 3 rings (SSSR count). The Hall–Kier alpha value is -4.46. The minimum absolute atomic E-state index is 0.0136. The smallest absolute Gasteiger partial charge is 0.326 e. The number of hydrogen-bond donors (Lipinski definition) is 7. The molecule has 2 aromatic rings. The Bertz CT molecular complexity index is 1170. The minimum atomic E-state index is -1.27. The van der Waals surface area contributed by atoms with Gasteiger partial charge >= 0.3 is 11.9 Å². The molecule has 1 aliphatic heterocycles. The lowest BCUT2D eigenvalue weighted by molar-refractivity contribution is -0.145. The summed E-state index contributed by atoms with van der Waals surface area (Å²) in [6.45, 7) is 0.215. The van der Waals surface area contributed by atoms with Crippen LogP contribution in [0.25, 0.3) is 0 Å². The second kappa shape index (κ2) is 13.4. The van der Waals surface area contributed by atoms with Crippen LogP contribution in [0, 0.1) is 0 Å². The topological polar surface area (TPSA) is 228 Å². The number of nitrogens with two attached hydrogens (primary N) is 1. The molecule has 0 saturated carbocycles. The lowest BCUT2D eigenvalue weighted by Crippen LogP contribution is -2.57. The minimum Gasteiger partial charge on any atom is -0.508 e. The Morgan fingerprint density at radius 1 is 1.08 bits per heavy atom. The summed E-state index contributed by atoms with van der Waals surface area (Å²) >= 11 is 0. The standard InChI is InChI=1S/C25H32N6O8/c26-17(7-8-21(33)34)22(35)29-18(11-15-12-27-13-28-15)24(37)31-9-1-2-20(31)23(36)30-19(25(38)39)10-14-3-5-16(32)6-4-14/h3-6,12-13,17-20,32H,1-2,7-11,26H2,(H,27,28)(H,29,35)(H,30,36)(H,33,34)(H,38,39). The number of aromatic amines is 1. The lowest BCUT2D eigenvalue weighted by atomic mass is 10.0. The summed E-state index contributed by atoms with van der Waals surface area (Å²) < 4.78 is 0. The zero-order chi connectivity index (χ0) is 28.5. The normalized spacial score (nSPS) is 17.2. The number of aromatic hydroxyl groups is 1. The van der Waals surface area contributed by atoms with Gasteiger partial charge in [-0.1, -0.05) is 12.1 Å². The van der Waals surface area contributed by atoms with Crippen molar-refractivity contribution in [3.63, 3.8) is 0 Å². The number of likely N-dealkylation sites (tertiary alicyclic amines) is 1. The van der Waals surface area contributed by atoms with E-state index < -0.39 is 53.8 Å². The van der Waals surface area contributed by atoms with E-state index in [0.717, 1.165) is 0 Å². The first-order valence-electron chi connectivity index (χ1n) is 12.4. The Morgan fingerprint density at radius 2 is 1.79 bits per heavy atom. The van der Waals surface area contributed by atoms with Crippen molar-refractivity contribution in [1.82, 2.24) is 25.5 Å². The van der Waals surface area contributed by atoms with E-state index in [1.54, 1.807) is 12.1 Å². The predicted octanol–water partition coefficient (Wildman–Crippen LogP) is -0.862. The van der Waals surface area contributed by atoms with Crippen LogP contribution in [-0.2, 0) is 36.8 Å². The van der Waals surface area contributed by atoms with Gasteiger partial charge in [-0.15, -0.1) is 0 Å². The van der Waals surface area contributed by atoms with Crippen LogP contribution in [0.3, 0.4) is 0 Å². The highest BCUT2D eigenvalue weighted by atomic mass is 16.4. The molecule has 14 heteroatoms. The van der Waals surface area contributed by atoms with E-state index >= 15 is 0 Å². The molecule has 14 nitrogen and oxygen atoms in total. The lowest BCUT2D eigenvalue weighted by Gasteiger charge is -2.30. The number of aliphatic carboxylic acids is 2. The van der Waals surface area contributed by atoms with Gasteiger partial charge in [-0.2, -0.15) is 0 Å². The number of phenolic OH excluding ortho intramolecular Hbond substituents is 1. The van der Waals surface area contributed by atoms with Crippen LogP contribution in [0.2, 0.25) is 0 Å². The molecule has 1 aliphatic rings. The summed E-state index contributed by atoms with van der Waals surface area (Å²) in [6, 6.07) is 1.40. The number of H-pyrrole nitrogens is 1. The fourth-order valence-electron chi connectivity index (χ4n) is 4.34. The quantitative estimate of drug-likeness (QED) is 0.165. The van der Waals surface area contributed by atoms with Crippen LogP contribution in [0.5, 0.6) is 5.75 Å². The highest BCUT2D eigenvalue weighted by Gasteiger charge is 2.39. The summed E-state index contributed by atoms with van der Waals surface area (Å²) in [5.74, 6) is -4.27. The van der Waals surface area contributed by atoms with Crippen molar-refractivity contribution in [2.45, 2.75) is 62.7 Å². The molecule has 4 atom stereocenters. The van der Waals surface area contributed by atoms with E-state index in [1.165, 1.54) is 29.6 Å². The molecule has 2 heterocycles. The van der Waals surface area contributed by atoms with Crippen molar-refractivity contribution < 1.29 is 39.3 Å². The number of carbonyl (C=O) groups is 5. The van der Waals surface area contributed by atoms with Gasteiger partial charge in [0.15, 0.2) is 0 Å². The molecule has 1 fully saturated rings. The van der Waals surface area contributed by atoms with Gasteiger partial charge in [-0.3, -0.25) is 19.2 Å². The molecule has 0 radical (unpaired) electrons. The molecular formula is C25H32N6O8. The number of amides is 3. The van der Waals surface area contributed by atoms with Crippen molar-refractivity contribution in [1.29, 1.82) is 0 Å². The molecule has 4 unspecified atom stereocenters. The maximum Gasteiger partial charge on any atom is 0.326 e. The van der Waals surface area contributed by atoms with Crippen molar-refractivity contribution in [3.05, 3.63) is 48.0 Å². The highest BCUT2D eigenvalue weighted by Crippen LogP contribution is 2.20. The van der Waals surface area contributed by atoms with E-state index in [1.807, 2.05) is 0 Å². The molecule has 0 aliphatic carbocycles. The molecule has 1 saturated heterocycles. The zero-order valence-electron chi connectivity index (χ0n) is 21.1. The number of phenols is 1. The van der Waals surface area contributed by atoms with Crippen molar-refractivity contribution in [2.24, 2.45) is 5.73 Å². The van der Waals surface area contributed by atoms with Gasteiger partial charge in [-0.05, 0) is 37.0 Å². The number of nitrogens with one attached hydrogen (secondary N) is 3. The third kappa shape index (κ3) is 8.26. The maximum atomic E-state index is 13.6. The van der Waals surface area contributed by atoms with E-state index in [-0.39, 0.29) is 38.0 Å². The Labute approximate surface area is 223 Å². The monoisotopic (exact) mass is 544 g/mol. The summed E-state index contributed by atoms with van der Waals surface area (Å²) in [7, 11) is 0. The molecule has 39 heavy (non-hydrogen) atoms. The first-order chi connectivity index (χ1) is 18.5. The van der Waals surface area contributed by atoms with Crippen LogP contribution in [0.15, 0.2) is 36.8 Å². The van der Waals surface area contributed by atoms with Crippen molar-refractivity contribution in [3.8, 4) is 5.75 Å². The number of carboxylic acids is 2. The predicted molar refractivity (Wildman–Crippen MR) is 135 cm³/mol. The van der Waals surface area contributed by atoms with Crippen LogP contribution < -0.4 is 16.4 Å². The van der Waals surface area contributed by atoms with E-state index in [9.17, 15) is 34.2 Å². The summed E-state index contributed by atoms with van der Waals surface area (Å²) in [5, 5.41) is 33.0. The third-order valence-electron chi connectivity index (χ3n) is 6.43.